The predicted octanol–water partition coefficient (Wildman–Crippen LogP) is 6.27. The molecule has 0 unspecified atom stereocenters. The van der Waals surface area contributed by atoms with Crippen LogP contribution in [0.3, 0.4) is 0 Å². The number of rotatable bonds is 6. The van der Waals surface area contributed by atoms with Gasteiger partial charge in [0.2, 0.25) is 0 Å². The minimum absolute atomic E-state index is 0.0373. The first kappa shape index (κ1) is 22.7. The lowest BCUT2D eigenvalue weighted by Crippen LogP contribution is -2.33. The molecule has 0 heterocycles. The van der Waals surface area contributed by atoms with Crippen molar-refractivity contribution in [2.75, 3.05) is 0 Å². The lowest BCUT2D eigenvalue weighted by molar-refractivity contribution is -0.156. The molecule has 3 nitrogen and oxygen atoms in total. The number of hydrogen-bond acceptors (Lipinski definition) is 3. The molecule has 0 N–H and O–H groups in total. The molecule has 0 bridgehead atoms. The molecule has 0 aliphatic rings. The summed E-state index contributed by atoms with van der Waals surface area (Å²) >= 11 is 5.82. The van der Waals surface area contributed by atoms with Gasteiger partial charge < -0.3 is 4.74 Å². The van der Waals surface area contributed by atoms with E-state index in [9.17, 15) is 9.18 Å². The zero-order chi connectivity index (χ0) is 22.4. The fraction of sp³-hybridized carbons (Fsp3) is 0.231. The van der Waals surface area contributed by atoms with E-state index in [1.807, 2.05) is 81.4 Å². The molecular formula is C26H25ClFNO2. The average molecular weight is 438 g/mol. The zero-order valence-electron chi connectivity index (χ0n) is 17.8. The van der Waals surface area contributed by atoms with Crippen molar-refractivity contribution in [2.45, 2.75) is 38.8 Å². The van der Waals surface area contributed by atoms with Crippen LogP contribution < -0.4 is 0 Å². The van der Waals surface area contributed by atoms with Crippen LogP contribution in [0.25, 0.3) is 0 Å². The van der Waals surface area contributed by atoms with Crippen LogP contribution in [-0.4, -0.2) is 23.3 Å². The topological polar surface area (TPSA) is 38.7 Å². The maximum absolute atomic E-state index is 14.0. The Kier molecular flexibility index (Phi) is 7.24. The molecule has 0 fully saturated rings. The van der Waals surface area contributed by atoms with Crippen LogP contribution in [0.1, 0.15) is 37.5 Å². The zero-order valence-corrected chi connectivity index (χ0v) is 18.6. The van der Waals surface area contributed by atoms with Crippen LogP contribution in [0.15, 0.2) is 83.9 Å². The fourth-order valence-electron chi connectivity index (χ4n) is 3.10. The summed E-state index contributed by atoms with van der Waals surface area (Å²) < 4.78 is 19.6. The van der Waals surface area contributed by atoms with Crippen molar-refractivity contribution < 1.29 is 13.9 Å². The number of halogens is 2. The van der Waals surface area contributed by atoms with Crippen LogP contribution in [0, 0.1) is 5.82 Å². The second-order valence-corrected chi connectivity index (χ2v) is 8.62. The lowest BCUT2D eigenvalue weighted by Gasteiger charge is -2.23. The first-order chi connectivity index (χ1) is 14.7. The van der Waals surface area contributed by atoms with E-state index in [-0.39, 0.29) is 11.4 Å². The first-order valence-corrected chi connectivity index (χ1v) is 10.5. The molecule has 0 saturated carbocycles. The molecule has 1 atom stereocenters. The second-order valence-electron chi connectivity index (χ2n) is 8.21. The van der Waals surface area contributed by atoms with E-state index in [1.54, 1.807) is 6.07 Å². The first-order valence-electron chi connectivity index (χ1n) is 10.1. The largest absolute Gasteiger partial charge is 0.458 e. The van der Waals surface area contributed by atoms with Crippen molar-refractivity contribution in [3.63, 3.8) is 0 Å². The molecule has 0 aromatic heterocycles. The number of benzene rings is 3. The summed E-state index contributed by atoms with van der Waals surface area (Å²) in [4.78, 5) is 17.9. The minimum Gasteiger partial charge on any atom is -0.458 e. The number of carbonyl (C=O) groups is 1. The third-order valence-corrected chi connectivity index (χ3v) is 4.78. The molecule has 3 aromatic carbocycles. The molecule has 0 amide bonds. The van der Waals surface area contributed by atoms with E-state index >= 15 is 0 Å². The summed E-state index contributed by atoms with van der Waals surface area (Å²) in [6, 6.07) is 23.0. The van der Waals surface area contributed by atoms with Gasteiger partial charge in [-0.15, -0.1) is 0 Å². The van der Waals surface area contributed by atoms with E-state index < -0.39 is 23.4 Å². The number of hydrogen-bond donors (Lipinski definition) is 0. The van der Waals surface area contributed by atoms with Crippen LogP contribution in [0.2, 0.25) is 5.02 Å². The Morgan fingerprint density at radius 1 is 0.968 bits per heavy atom. The summed E-state index contributed by atoms with van der Waals surface area (Å²) in [6.45, 7) is 5.43. The maximum Gasteiger partial charge on any atom is 0.331 e. The molecule has 0 aliphatic carbocycles. The third kappa shape index (κ3) is 6.50. The maximum atomic E-state index is 14.0. The highest BCUT2D eigenvalue weighted by Gasteiger charge is 2.26. The Hall–Kier alpha value is -2.98. The summed E-state index contributed by atoms with van der Waals surface area (Å²) in [5.74, 6) is -0.996. The number of aliphatic imine (C=N–C) groups is 1. The van der Waals surface area contributed by atoms with Gasteiger partial charge in [-0.3, -0.25) is 4.99 Å². The van der Waals surface area contributed by atoms with E-state index in [0.29, 0.717) is 11.3 Å². The van der Waals surface area contributed by atoms with Gasteiger partial charge in [-0.2, -0.15) is 0 Å². The molecule has 0 spiro atoms. The van der Waals surface area contributed by atoms with Gasteiger partial charge in [0.1, 0.15) is 11.4 Å². The molecular weight excluding hydrogens is 413 g/mol. The number of carbonyl (C=O) groups excluding carboxylic acids is 1. The quantitative estimate of drug-likeness (QED) is 0.336. The number of ether oxygens (including phenoxy) is 1. The van der Waals surface area contributed by atoms with Gasteiger partial charge in [0.15, 0.2) is 6.04 Å². The van der Waals surface area contributed by atoms with Crippen LogP contribution >= 0.6 is 11.6 Å². The molecule has 3 rings (SSSR count). The van der Waals surface area contributed by atoms with Gasteiger partial charge in [-0.1, -0.05) is 78.3 Å². The standard InChI is InChI=1S/C26H25ClFNO2/c1-26(2,3)31-25(30)23(17-18-14-15-21(27)22(28)16-18)29-24(19-10-6-4-7-11-19)20-12-8-5-9-13-20/h4-16,23H,17H2,1-3H3/t23-/m0/s1. The summed E-state index contributed by atoms with van der Waals surface area (Å²) in [5, 5.41) is 0.0373. The number of esters is 1. The molecule has 3 aromatic rings. The molecule has 0 saturated heterocycles. The predicted molar refractivity (Wildman–Crippen MR) is 123 cm³/mol. The fourth-order valence-corrected chi connectivity index (χ4v) is 3.22. The van der Waals surface area contributed by atoms with Crippen LogP contribution in [0.4, 0.5) is 4.39 Å². The van der Waals surface area contributed by atoms with Crippen LogP contribution in [0.5, 0.6) is 0 Å². The van der Waals surface area contributed by atoms with Crippen molar-refractivity contribution in [1.82, 2.24) is 0 Å². The molecule has 160 valence electrons. The van der Waals surface area contributed by atoms with Crippen LogP contribution in [-0.2, 0) is 16.0 Å². The summed E-state index contributed by atoms with van der Waals surface area (Å²) in [6.07, 6.45) is 0.187. The van der Waals surface area contributed by atoms with Gasteiger partial charge in [0.25, 0.3) is 0 Å². The Morgan fingerprint density at radius 2 is 1.52 bits per heavy atom. The SMILES string of the molecule is CC(C)(C)OC(=O)[C@H](Cc1ccc(Cl)c(F)c1)N=C(c1ccccc1)c1ccccc1. The molecule has 31 heavy (non-hydrogen) atoms. The lowest BCUT2D eigenvalue weighted by atomic mass is 10.0. The van der Waals surface area contributed by atoms with Crippen molar-refractivity contribution in [3.8, 4) is 0 Å². The van der Waals surface area contributed by atoms with Gasteiger partial charge in [-0.05, 0) is 38.5 Å². The van der Waals surface area contributed by atoms with Crippen molar-refractivity contribution >= 4 is 23.3 Å². The Labute approximate surface area is 187 Å². The van der Waals surface area contributed by atoms with Gasteiger partial charge >= 0.3 is 5.97 Å². The summed E-state index contributed by atoms with van der Waals surface area (Å²) in [5.41, 5.74) is 2.37. The Morgan fingerprint density at radius 3 is 2.00 bits per heavy atom. The van der Waals surface area contributed by atoms with Crippen molar-refractivity contribution in [2.24, 2.45) is 4.99 Å². The summed E-state index contributed by atoms with van der Waals surface area (Å²) in [7, 11) is 0. The Balaban J connectivity index is 2.07. The molecule has 5 heteroatoms. The Bertz CT molecular complexity index is 1020. The van der Waals surface area contributed by atoms with E-state index in [0.717, 1.165) is 11.1 Å². The van der Waals surface area contributed by atoms with Gasteiger partial charge in [0, 0.05) is 17.5 Å². The second kappa shape index (κ2) is 9.88. The van der Waals surface area contributed by atoms with Gasteiger partial charge in [-0.25, -0.2) is 9.18 Å². The van der Waals surface area contributed by atoms with E-state index in [2.05, 4.69) is 0 Å². The average Bonchev–Trinajstić information content (AvgIpc) is 2.73. The highest BCUT2D eigenvalue weighted by molar-refractivity contribution is 6.30. The van der Waals surface area contributed by atoms with E-state index in [1.165, 1.54) is 12.1 Å². The van der Waals surface area contributed by atoms with E-state index in [4.69, 9.17) is 21.3 Å². The molecule has 0 aliphatic heterocycles. The highest BCUT2D eigenvalue weighted by Crippen LogP contribution is 2.20. The molecule has 0 radical (unpaired) electrons. The highest BCUT2D eigenvalue weighted by atomic mass is 35.5. The van der Waals surface area contributed by atoms with Gasteiger partial charge in [0.05, 0.1) is 10.7 Å². The monoisotopic (exact) mass is 437 g/mol. The van der Waals surface area contributed by atoms with Crippen molar-refractivity contribution in [3.05, 3.63) is 106 Å². The third-order valence-electron chi connectivity index (χ3n) is 4.47. The minimum atomic E-state index is -0.852. The normalized spacial score (nSPS) is 12.2. The smallest absolute Gasteiger partial charge is 0.331 e. The van der Waals surface area contributed by atoms with Crippen molar-refractivity contribution in [1.29, 1.82) is 0 Å². The number of nitrogens with zero attached hydrogens (tertiary/aromatic N) is 1.